The molecule has 8 heteroatoms. The topological polar surface area (TPSA) is 49.4 Å². The van der Waals surface area contributed by atoms with Gasteiger partial charge >= 0.3 is 6.18 Å². The van der Waals surface area contributed by atoms with E-state index in [2.05, 4.69) is 19.2 Å². The van der Waals surface area contributed by atoms with E-state index >= 15 is 0 Å². The van der Waals surface area contributed by atoms with Crippen LogP contribution in [0.2, 0.25) is 0 Å². The Hall–Kier alpha value is -2.74. The molecule has 4 rings (SSSR count). The molecule has 1 saturated carbocycles. The summed E-state index contributed by atoms with van der Waals surface area (Å²) in [6, 6.07) is 12.1. The summed E-state index contributed by atoms with van der Waals surface area (Å²) in [7, 11) is 0. The molecular formula is C26H27F3N2O2S. The van der Waals surface area contributed by atoms with Crippen molar-refractivity contribution < 1.29 is 22.8 Å². The summed E-state index contributed by atoms with van der Waals surface area (Å²) in [4.78, 5) is 28.9. The third kappa shape index (κ3) is 5.32. The molecule has 1 aliphatic heterocycles. The van der Waals surface area contributed by atoms with Crippen LogP contribution in [0.25, 0.3) is 6.08 Å². The molecule has 2 amide bonds. The summed E-state index contributed by atoms with van der Waals surface area (Å²) in [6.45, 7) is 4.24. The van der Waals surface area contributed by atoms with Gasteiger partial charge in [0.15, 0.2) is 0 Å². The highest BCUT2D eigenvalue weighted by Crippen LogP contribution is 2.42. The number of anilines is 1. The van der Waals surface area contributed by atoms with Crippen molar-refractivity contribution in [2.75, 3.05) is 11.4 Å². The minimum atomic E-state index is -4.42. The first-order chi connectivity index (χ1) is 16.1. The van der Waals surface area contributed by atoms with Crippen molar-refractivity contribution in [3.63, 3.8) is 0 Å². The largest absolute Gasteiger partial charge is 0.416 e. The summed E-state index contributed by atoms with van der Waals surface area (Å²) in [5.41, 5.74) is 0.395. The van der Waals surface area contributed by atoms with Crippen LogP contribution in [0.3, 0.4) is 0 Å². The van der Waals surface area contributed by atoms with Crippen LogP contribution < -0.4 is 10.2 Å². The SMILES string of the molecule is CC1CCCC(NC(=O)CN2C(=O)/C(=C\c3ccc(C(F)(F)F)cc3)Sc3ccccc32)C1C. The average Bonchev–Trinajstić information content (AvgIpc) is 2.79. The van der Waals surface area contributed by atoms with Crippen LogP contribution in [0.5, 0.6) is 0 Å². The van der Waals surface area contributed by atoms with E-state index in [1.807, 2.05) is 18.2 Å². The number of rotatable bonds is 4. The first-order valence-electron chi connectivity index (χ1n) is 11.4. The summed E-state index contributed by atoms with van der Waals surface area (Å²) < 4.78 is 38.6. The predicted octanol–water partition coefficient (Wildman–Crippen LogP) is 6.13. The Morgan fingerprint density at radius 1 is 1.12 bits per heavy atom. The Morgan fingerprint density at radius 2 is 1.82 bits per heavy atom. The van der Waals surface area contributed by atoms with Gasteiger partial charge in [0.25, 0.3) is 5.91 Å². The number of alkyl halides is 3. The minimum absolute atomic E-state index is 0.0860. The first-order valence-corrected chi connectivity index (χ1v) is 12.2. The number of hydrogen-bond donors (Lipinski definition) is 1. The van der Waals surface area contributed by atoms with Crippen molar-refractivity contribution in [2.24, 2.45) is 11.8 Å². The van der Waals surface area contributed by atoms with Crippen LogP contribution >= 0.6 is 11.8 Å². The van der Waals surface area contributed by atoms with Crippen molar-refractivity contribution in [1.29, 1.82) is 0 Å². The fourth-order valence-electron chi connectivity index (χ4n) is 4.52. The number of carbonyl (C=O) groups excluding carboxylic acids is 2. The Balaban J connectivity index is 1.55. The number of thioether (sulfide) groups is 1. The molecule has 34 heavy (non-hydrogen) atoms. The second-order valence-corrected chi connectivity index (χ2v) is 10.1. The van der Waals surface area contributed by atoms with Crippen LogP contribution in [0.1, 0.15) is 44.2 Å². The van der Waals surface area contributed by atoms with E-state index < -0.39 is 11.7 Å². The lowest BCUT2D eigenvalue weighted by molar-refractivity contribution is -0.137. The number of para-hydroxylation sites is 1. The van der Waals surface area contributed by atoms with Crippen molar-refractivity contribution in [2.45, 2.75) is 50.2 Å². The van der Waals surface area contributed by atoms with Crippen LogP contribution in [-0.2, 0) is 15.8 Å². The van der Waals surface area contributed by atoms with Gasteiger partial charge in [0.05, 0.1) is 16.2 Å². The lowest BCUT2D eigenvalue weighted by Gasteiger charge is -2.35. The second kappa shape index (κ2) is 9.86. The number of carbonyl (C=O) groups is 2. The van der Waals surface area contributed by atoms with Crippen LogP contribution in [-0.4, -0.2) is 24.4 Å². The summed E-state index contributed by atoms with van der Waals surface area (Å²) in [5, 5.41) is 3.12. The zero-order valence-electron chi connectivity index (χ0n) is 19.1. The minimum Gasteiger partial charge on any atom is -0.352 e. The number of nitrogens with zero attached hydrogens (tertiary/aromatic N) is 1. The molecule has 180 valence electrons. The molecule has 0 aromatic heterocycles. The molecule has 0 saturated heterocycles. The zero-order valence-corrected chi connectivity index (χ0v) is 19.9. The fraction of sp³-hybridized carbons (Fsp3) is 0.385. The van der Waals surface area contributed by atoms with Gasteiger partial charge in [0.1, 0.15) is 6.54 Å². The summed E-state index contributed by atoms with van der Waals surface area (Å²) >= 11 is 1.25. The van der Waals surface area contributed by atoms with E-state index in [1.54, 1.807) is 12.1 Å². The normalized spacial score (nSPS) is 24.1. The summed E-state index contributed by atoms with van der Waals surface area (Å²) in [6.07, 6.45) is 0.298. The van der Waals surface area contributed by atoms with Gasteiger partial charge in [-0.3, -0.25) is 14.5 Å². The zero-order chi connectivity index (χ0) is 24.5. The van der Waals surface area contributed by atoms with Gasteiger partial charge in [-0.1, -0.05) is 62.7 Å². The summed E-state index contributed by atoms with van der Waals surface area (Å²) in [5.74, 6) is 0.345. The first kappa shape index (κ1) is 24.4. The smallest absolute Gasteiger partial charge is 0.352 e. The number of benzene rings is 2. The average molecular weight is 489 g/mol. The maximum absolute atomic E-state index is 13.3. The number of halogens is 3. The number of fused-ring (bicyclic) bond motifs is 1. The Morgan fingerprint density at radius 3 is 2.53 bits per heavy atom. The molecule has 1 N–H and O–H groups in total. The predicted molar refractivity (Wildman–Crippen MR) is 128 cm³/mol. The van der Waals surface area contributed by atoms with E-state index in [9.17, 15) is 22.8 Å². The van der Waals surface area contributed by atoms with Gasteiger partial charge in [0, 0.05) is 10.9 Å². The maximum Gasteiger partial charge on any atom is 0.416 e. The quantitative estimate of drug-likeness (QED) is 0.527. The van der Waals surface area contributed by atoms with E-state index in [-0.39, 0.29) is 24.4 Å². The molecule has 2 aromatic carbocycles. The number of hydrogen-bond acceptors (Lipinski definition) is 3. The molecule has 1 fully saturated rings. The van der Waals surface area contributed by atoms with Crippen LogP contribution in [0, 0.1) is 11.8 Å². The highest BCUT2D eigenvalue weighted by Gasteiger charge is 2.33. The van der Waals surface area contributed by atoms with E-state index in [0.717, 1.165) is 36.3 Å². The van der Waals surface area contributed by atoms with Gasteiger partial charge in [-0.15, -0.1) is 0 Å². The van der Waals surface area contributed by atoms with Crippen molar-refractivity contribution in [3.05, 3.63) is 64.6 Å². The lowest BCUT2D eigenvalue weighted by Crippen LogP contribution is -2.49. The monoisotopic (exact) mass is 488 g/mol. The Labute approximate surface area is 201 Å². The standard InChI is InChI=1S/C26H27F3N2O2S/c1-16-6-5-7-20(17(16)2)30-24(32)15-31-21-8-3-4-9-22(21)34-23(25(31)33)14-18-10-12-19(13-11-18)26(27,28)29/h3-4,8-14,16-17,20H,5-7,15H2,1-2H3,(H,30,32)/b23-14+. The molecule has 4 nitrogen and oxygen atoms in total. The van der Waals surface area contributed by atoms with Crippen molar-refractivity contribution in [3.8, 4) is 0 Å². The third-order valence-electron chi connectivity index (χ3n) is 6.72. The fourth-order valence-corrected chi connectivity index (χ4v) is 5.58. The molecule has 0 spiro atoms. The third-order valence-corrected chi connectivity index (χ3v) is 7.80. The molecule has 3 atom stereocenters. The Kier molecular flexibility index (Phi) is 7.07. The van der Waals surface area contributed by atoms with Gasteiger partial charge in [-0.2, -0.15) is 13.2 Å². The van der Waals surface area contributed by atoms with Crippen LogP contribution in [0.4, 0.5) is 18.9 Å². The molecular weight excluding hydrogens is 461 g/mol. The van der Waals surface area contributed by atoms with Crippen molar-refractivity contribution >= 4 is 35.3 Å². The molecule has 0 bridgehead atoms. The van der Waals surface area contributed by atoms with E-state index in [0.29, 0.717) is 28.0 Å². The van der Waals surface area contributed by atoms with Gasteiger partial charge < -0.3 is 5.32 Å². The van der Waals surface area contributed by atoms with Gasteiger partial charge in [-0.25, -0.2) is 0 Å². The number of nitrogens with one attached hydrogen (secondary N) is 1. The molecule has 2 aromatic rings. The molecule has 0 radical (unpaired) electrons. The highest BCUT2D eigenvalue weighted by molar-refractivity contribution is 8.04. The number of amides is 2. The Bertz CT molecular complexity index is 1100. The lowest BCUT2D eigenvalue weighted by atomic mass is 9.78. The van der Waals surface area contributed by atoms with Crippen molar-refractivity contribution in [1.82, 2.24) is 5.32 Å². The second-order valence-electron chi connectivity index (χ2n) is 9.03. The highest BCUT2D eigenvalue weighted by atomic mass is 32.2. The van der Waals surface area contributed by atoms with Gasteiger partial charge in [-0.05, 0) is 54.2 Å². The van der Waals surface area contributed by atoms with E-state index in [4.69, 9.17) is 0 Å². The molecule has 3 unspecified atom stereocenters. The molecule has 1 heterocycles. The molecule has 2 aliphatic rings. The van der Waals surface area contributed by atoms with E-state index in [1.165, 1.54) is 28.8 Å². The maximum atomic E-state index is 13.3. The van der Waals surface area contributed by atoms with Gasteiger partial charge in [0.2, 0.25) is 5.91 Å². The molecule has 1 aliphatic carbocycles. The van der Waals surface area contributed by atoms with Crippen LogP contribution in [0.15, 0.2) is 58.3 Å².